The molecule has 1 amide bonds. The van der Waals surface area contributed by atoms with Gasteiger partial charge in [-0.3, -0.25) is 4.79 Å². The molecule has 0 aromatic heterocycles. The molecule has 3 nitrogen and oxygen atoms in total. The molecule has 1 unspecified atom stereocenters. The van der Waals surface area contributed by atoms with Gasteiger partial charge in [0.25, 0.3) is 0 Å². The van der Waals surface area contributed by atoms with Gasteiger partial charge in [-0.2, -0.15) is 0 Å². The fourth-order valence-electron chi connectivity index (χ4n) is 2.86. The average Bonchev–Trinajstić information content (AvgIpc) is 2.81. The van der Waals surface area contributed by atoms with Gasteiger partial charge < -0.3 is 10.2 Å². The number of rotatable bonds is 4. The van der Waals surface area contributed by atoms with Crippen LogP contribution in [0, 0.1) is 13.8 Å². The Morgan fingerprint density at radius 1 is 1.30 bits per heavy atom. The lowest BCUT2D eigenvalue weighted by molar-refractivity contribution is -0.119. The predicted molar refractivity (Wildman–Crippen MR) is 86.8 cm³/mol. The van der Waals surface area contributed by atoms with Gasteiger partial charge in [-0.15, -0.1) is 12.4 Å². The zero-order valence-corrected chi connectivity index (χ0v) is 13.4. The zero-order valence-electron chi connectivity index (χ0n) is 12.6. The molecule has 1 aliphatic rings. The van der Waals surface area contributed by atoms with Crippen molar-refractivity contribution in [2.45, 2.75) is 46.1 Å². The Kier molecular flexibility index (Phi) is 6.50. The van der Waals surface area contributed by atoms with Crippen LogP contribution in [-0.2, 0) is 4.79 Å². The van der Waals surface area contributed by atoms with E-state index in [0.717, 1.165) is 25.2 Å². The molecule has 1 atom stereocenters. The lowest BCUT2D eigenvalue weighted by Gasteiger charge is -2.23. The highest BCUT2D eigenvalue weighted by atomic mass is 35.5. The normalized spacial score (nSPS) is 17.6. The van der Waals surface area contributed by atoms with E-state index in [-0.39, 0.29) is 18.3 Å². The van der Waals surface area contributed by atoms with Gasteiger partial charge in [-0.1, -0.05) is 6.07 Å². The van der Waals surface area contributed by atoms with Gasteiger partial charge in [0.15, 0.2) is 0 Å². The van der Waals surface area contributed by atoms with Gasteiger partial charge in [-0.25, -0.2) is 0 Å². The lowest BCUT2D eigenvalue weighted by Crippen LogP contribution is -2.36. The van der Waals surface area contributed by atoms with E-state index in [4.69, 9.17) is 0 Å². The average molecular weight is 297 g/mol. The number of hydrogen-bond acceptors (Lipinski definition) is 2. The van der Waals surface area contributed by atoms with E-state index < -0.39 is 0 Å². The molecule has 0 saturated carbocycles. The van der Waals surface area contributed by atoms with E-state index in [1.165, 1.54) is 17.5 Å². The second-order valence-electron chi connectivity index (χ2n) is 5.48. The lowest BCUT2D eigenvalue weighted by atomic mass is 10.1. The Hall–Kier alpha value is -1.06. The van der Waals surface area contributed by atoms with Crippen molar-refractivity contribution in [1.29, 1.82) is 0 Å². The van der Waals surface area contributed by atoms with Crippen LogP contribution in [0.3, 0.4) is 0 Å². The van der Waals surface area contributed by atoms with E-state index in [1.807, 2.05) is 11.8 Å². The summed E-state index contributed by atoms with van der Waals surface area (Å²) in [5.41, 5.74) is 3.45. The third-order valence-electron chi connectivity index (χ3n) is 3.72. The van der Waals surface area contributed by atoms with Crippen LogP contribution in [0.5, 0.6) is 0 Å². The van der Waals surface area contributed by atoms with Crippen LogP contribution in [0.15, 0.2) is 18.2 Å². The Morgan fingerprint density at radius 2 is 1.95 bits per heavy atom. The zero-order chi connectivity index (χ0) is 13.8. The Bertz CT molecular complexity index is 436. The van der Waals surface area contributed by atoms with Gasteiger partial charge in [-0.05, 0) is 63.4 Å². The first-order chi connectivity index (χ1) is 9.10. The highest BCUT2D eigenvalue weighted by Gasteiger charge is 2.21. The van der Waals surface area contributed by atoms with Gasteiger partial charge >= 0.3 is 0 Å². The quantitative estimate of drug-likeness (QED) is 0.925. The molecule has 112 valence electrons. The minimum Gasteiger partial charge on any atom is -0.313 e. The maximum absolute atomic E-state index is 12.4. The van der Waals surface area contributed by atoms with Gasteiger partial charge in [0.1, 0.15) is 0 Å². The molecule has 0 spiro atoms. The number of carbonyl (C=O) groups is 1. The minimum absolute atomic E-state index is 0. The Labute approximate surface area is 128 Å². The van der Waals surface area contributed by atoms with Crippen molar-refractivity contribution in [3.8, 4) is 0 Å². The first-order valence-electron chi connectivity index (χ1n) is 7.22. The van der Waals surface area contributed by atoms with Crippen LogP contribution in [-0.4, -0.2) is 25.0 Å². The van der Waals surface area contributed by atoms with Crippen molar-refractivity contribution in [1.82, 2.24) is 5.32 Å². The maximum Gasteiger partial charge on any atom is 0.228 e. The molecule has 1 heterocycles. The standard InChI is InChI=1S/C16H24N2O.ClH/c1-4-18(15-9-12(2)8-13(3)10-15)16(19)11-14-6-5-7-17-14;/h8-10,14,17H,4-7,11H2,1-3H3;1H. The van der Waals surface area contributed by atoms with Crippen LogP contribution in [0.4, 0.5) is 5.69 Å². The minimum atomic E-state index is 0. The second kappa shape index (κ2) is 7.65. The van der Waals surface area contributed by atoms with Crippen molar-refractivity contribution < 1.29 is 4.79 Å². The van der Waals surface area contributed by atoms with E-state index in [9.17, 15) is 4.79 Å². The number of carbonyl (C=O) groups excluding carboxylic acids is 1. The van der Waals surface area contributed by atoms with E-state index in [2.05, 4.69) is 37.4 Å². The largest absolute Gasteiger partial charge is 0.313 e. The molecule has 1 aromatic carbocycles. The highest BCUT2D eigenvalue weighted by Crippen LogP contribution is 2.20. The summed E-state index contributed by atoms with van der Waals surface area (Å²) >= 11 is 0. The summed E-state index contributed by atoms with van der Waals surface area (Å²) in [6.45, 7) is 7.97. The summed E-state index contributed by atoms with van der Waals surface area (Å²) < 4.78 is 0. The molecule has 1 aliphatic heterocycles. The summed E-state index contributed by atoms with van der Waals surface area (Å²) in [6, 6.07) is 6.69. The van der Waals surface area contributed by atoms with Crippen LogP contribution >= 0.6 is 12.4 Å². The first kappa shape index (κ1) is 17.0. The summed E-state index contributed by atoms with van der Waals surface area (Å²) in [5, 5.41) is 3.39. The highest BCUT2D eigenvalue weighted by molar-refractivity contribution is 5.93. The molecule has 1 fully saturated rings. The molecule has 20 heavy (non-hydrogen) atoms. The smallest absolute Gasteiger partial charge is 0.228 e. The first-order valence-corrected chi connectivity index (χ1v) is 7.22. The van der Waals surface area contributed by atoms with Crippen molar-refractivity contribution in [2.24, 2.45) is 0 Å². The number of amides is 1. The maximum atomic E-state index is 12.4. The summed E-state index contributed by atoms with van der Waals surface area (Å²) in [5.74, 6) is 0.229. The van der Waals surface area contributed by atoms with E-state index in [1.54, 1.807) is 0 Å². The second-order valence-corrected chi connectivity index (χ2v) is 5.48. The molecule has 0 aliphatic carbocycles. The third-order valence-corrected chi connectivity index (χ3v) is 3.72. The van der Waals surface area contributed by atoms with E-state index in [0.29, 0.717) is 12.5 Å². The van der Waals surface area contributed by atoms with Crippen LogP contribution < -0.4 is 10.2 Å². The van der Waals surface area contributed by atoms with Gasteiger partial charge in [0.2, 0.25) is 5.91 Å². The number of halogens is 1. The molecule has 1 aromatic rings. The molecule has 0 radical (unpaired) electrons. The molecule has 0 bridgehead atoms. The molecular formula is C16H25ClN2O. The SMILES string of the molecule is CCN(C(=O)CC1CCCN1)c1cc(C)cc(C)c1.Cl. The van der Waals surface area contributed by atoms with Crippen molar-refractivity contribution >= 4 is 24.0 Å². The molecule has 1 saturated heterocycles. The number of nitrogens with one attached hydrogen (secondary N) is 1. The molecule has 2 rings (SSSR count). The predicted octanol–water partition coefficient (Wildman–Crippen LogP) is 3.22. The summed E-state index contributed by atoms with van der Waals surface area (Å²) in [7, 11) is 0. The van der Waals surface area contributed by atoms with Gasteiger partial charge in [0.05, 0.1) is 0 Å². The van der Waals surface area contributed by atoms with E-state index >= 15 is 0 Å². The Balaban J connectivity index is 0.00000200. The van der Waals surface area contributed by atoms with Gasteiger partial charge in [0, 0.05) is 24.7 Å². The molecule has 1 N–H and O–H groups in total. The van der Waals surface area contributed by atoms with Crippen molar-refractivity contribution in [2.75, 3.05) is 18.0 Å². The number of aryl methyl sites for hydroxylation is 2. The monoisotopic (exact) mass is 296 g/mol. The third kappa shape index (κ3) is 4.22. The summed E-state index contributed by atoms with van der Waals surface area (Å²) in [6.07, 6.45) is 2.92. The molecular weight excluding hydrogens is 272 g/mol. The molecule has 4 heteroatoms. The number of nitrogens with zero attached hydrogens (tertiary/aromatic N) is 1. The summed E-state index contributed by atoms with van der Waals surface area (Å²) in [4.78, 5) is 14.3. The van der Waals surface area contributed by atoms with Crippen LogP contribution in [0.1, 0.15) is 37.3 Å². The topological polar surface area (TPSA) is 32.3 Å². The fraction of sp³-hybridized carbons (Fsp3) is 0.562. The number of benzene rings is 1. The fourth-order valence-corrected chi connectivity index (χ4v) is 2.86. The van der Waals surface area contributed by atoms with Crippen molar-refractivity contribution in [3.05, 3.63) is 29.3 Å². The van der Waals surface area contributed by atoms with Crippen molar-refractivity contribution in [3.63, 3.8) is 0 Å². The Morgan fingerprint density at radius 3 is 2.45 bits per heavy atom. The number of hydrogen-bond donors (Lipinski definition) is 1. The number of anilines is 1. The van der Waals surface area contributed by atoms with Crippen LogP contribution in [0.25, 0.3) is 0 Å². The van der Waals surface area contributed by atoms with Crippen LogP contribution in [0.2, 0.25) is 0 Å².